The molecule has 0 spiro atoms. The molecule has 2 aromatic rings. The molecular weight excluding hydrogens is 372 g/mol. The van der Waals surface area contributed by atoms with Gasteiger partial charge in [0, 0.05) is 30.4 Å². The summed E-state index contributed by atoms with van der Waals surface area (Å²) in [4.78, 5) is 15.2. The van der Waals surface area contributed by atoms with E-state index in [0.717, 1.165) is 57.3 Å². The third-order valence-electron chi connectivity index (χ3n) is 6.23. The maximum atomic E-state index is 13.3. The number of fused-ring (bicyclic) bond motifs is 1. The Balaban J connectivity index is 0.00000225. The van der Waals surface area contributed by atoms with Crippen molar-refractivity contribution in [2.75, 3.05) is 13.1 Å². The van der Waals surface area contributed by atoms with Gasteiger partial charge in [-0.15, -0.1) is 12.4 Å². The fourth-order valence-corrected chi connectivity index (χ4v) is 4.45. The van der Waals surface area contributed by atoms with Crippen LogP contribution in [0.1, 0.15) is 59.9 Å². The van der Waals surface area contributed by atoms with Gasteiger partial charge in [0.2, 0.25) is 0 Å². The molecule has 1 aliphatic heterocycles. The second-order valence-electron chi connectivity index (χ2n) is 8.22. The van der Waals surface area contributed by atoms with Gasteiger partial charge in [-0.25, -0.2) is 4.68 Å². The lowest BCUT2D eigenvalue weighted by atomic mass is 9.90. The Morgan fingerprint density at radius 2 is 1.79 bits per heavy atom. The molecule has 28 heavy (non-hydrogen) atoms. The Morgan fingerprint density at radius 3 is 2.43 bits per heavy atom. The fraction of sp³-hybridized carbons (Fsp3) is 0.545. The average molecular weight is 403 g/mol. The maximum absolute atomic E-state index is 13.3. The lowest BCUT2D eigenvalue weighted by molar-refractivity contribution is 0.0673. The first-order valence-electron chi connectivity index (χ1n) is 10.3. The molecule has 0 bridgehead atoms. The molecule has 0 radical (unpaired) electrons. The van der Waals surface area contributed by atoms with Crippen molar-refractivity contribution < 1.29 is 4.79 Å². The van der Waals surface area contributed by atoms with Crippen LogP contribution in [-0.4, -0.2) is 39.7 Å². The summed E-state index contributed by atoms with van der Waals surface area (Å²) in [5.74, 6) is 0.621. The number of hydrogen-bond donors (Lipinski definition) is 1. The summed E-state index contributed by atoms with van der Waals surface area (Å²) >= 11 is 0. The summed E-state index contributed by atoms with van der Waals surface area (Å²) in [6, 6.07) is 8.61. The molecule has 2 heterocycles. The number of halogens is 1. The number of hydrogen-bond acceptors (Lipinski definition) is 3. The summed E-state index contributed by atoms with van der Waals surface area (Å²) in [5.41, 5.74) is 11.4. The number of amides is 1. The van der Waals surface area contributed by atoms with Gasteiger partial charge >= 0.3 is 0 Å². The zero-order chi connectivity index (χ0) is 19.0. The molecule has 1 fully saturated rings. The highest BCUT2D eigenvalue weighted by atomic mass is 35.5. The maximum Gasteiger partial charge on any atom is 0.274 e. The van der Waals surface area contributed by atoms with Gasteiger partial charge in [0.05, 0.1) is 5.69 Å². The number of aryl methyl sites for hydroxylation is 1. The molecule has 1 atom stereocenters. The number of nitrogens with two attached hydrogens (primary N) is 1. The van der Waals surface area contributed by atoms with Crippen LogP contribution >= 0.6 is 12.4 Å². The number of carbonyl (C=O) groups is 1. The van der Waals surface area contributed by atoms with Crippen LogP contribution in [-0.2, 0) is 12.8 Å². The predicted octanol–water partition coefficient (Wildman–Crippen LogP) is 3.68. The van der Waals surface area contributed by atoms with E-state index in [-0.39, 0.29) is 24.4 Å². The molecule has 4 rings (SSSR count). The molecular formula is C22H31ClN4O. The van der Waals surface area contributed by atoms with E-state index in [1.54, 1.807) is 0 Å². The molecule has 6 heteroatoms. The van der Waals surface area contributed by atoms with E-state index in [4.69, 9.17) is 10.8 Å². The Labute approximate surface area is 173 Å². The van der Waals surface area contributed by atoms with Crippen molar-refractivity contribution in [3.05, 3.63) is 46.8 Å². The van der Waals surface area contributed by atoms with E-state index in [9.17, 15) is 4.79 Å². The zero-order valence-electron chi connectivity index (χ0n) is 16.9. The van der Waals surface area contributed by atoms with Crippen molar-refractivity contribution in [3.63, 3.8) is 0 Å². The normalized spacial score (nSPS) is 18.3. The van der Waals surface area contributed by atoms with Gasteiger partial charge in [-0.05, 0) is 70.4 Å². The largest absolute Gasteiger partial charge is 0.337 e. The Bertz CT molecular complexity index is 820. The minimum absolute atomic E-state index is 0. The zero-order valence-corrected chi connectivity index (χ0v) is 17.7. The molecule has 1 saturated heterocycles. The van der Waals surface area contributed by atoms with Crippen LogP contribution in [0.4, 0.5) is 0 Å². The second kappa shape index (κ2) is 8.66. The van der Waals surface area contributed by atoms with Crippen molar-refractivity contribution in [2.45, 2.75) is 58.4 Å². The van der Waals surface area contributed by atoms with Crippen LogP contribution in [0.2, 0.25) is 0 Å². The van der Waals surface area contributed by atoms with Crippen LogP contribution in [0.15, 0.2) is 24.3 Å². The monoisotopic (exact) mass is 402 g/mol. The molecule has 5 nitrogen and oxygen atoms in total. The summed E-state index contributed by atoms with van der Waals surface area (Å²) in [7, 11) is 0. The third-order valence-corrected chi connectivity index (χ3v) is 6.23. The van der Waals surface area contributed by atoms with Crippen molar-refractivity contribution in [3.8, 4) is 5.69 Å². The summed E-state index contributed by atoms with van der Waals surface area (Å²) in [5, 5.41) is 4.82. The van der Waals surface area contributed by atoms with Gasteiger partial charge in [-0.3, -0.25) is 4.79 Å². The Kier molecular flexibility index (Phi) is 6.46. The highest BCUT2D eigenvalue weighted by Crippen LogP contribution is 2.29. The minimum atomic E-state index is 0. The molecule has 1 amide bonds. The van der Waals surface area contributed by atoms with Crippen LogP contribution < -0.4 is 5.73 Å². The lowest BCUT2D eigenvalue weighted by Crippen LogP contribution is -2.43. The van der Waals surface area contributed by atoms with E-state index in [0.29, 0.717) is 11.6 Å². The molecule has 152 valence electrons. The molecule has 1 aromatic carbocycles. The quantitative estimate of drug-likeness (QED) is 0.851. The Morgan fingerprint density at radius 1 is 1.14 bits per heavy atom. The summed E-state index contributed by atoms with van der Waals surface area (Å²) < 4.78 is 2.01. The van der Waals surface area contributed by atoms with Gasteiger partial charge in [0.1, 0.15) is 0 Å². The topological polar surface area (TPSA) is 64.2 Å². The van der Waals surface area contributed by atoms with Gasteiger partial charge < -0.3 is 10.6 Å². The van der Waals surface area contributed by atoms with Gasteiger partial charge in [-0.2, -0.15) is 5.10 Å². The molecule has 1 aliphatic carbocycles. The van der Waals surface area contributed by atoms with Crippen molar-refractivity contribution in [1.82, 2.24) is 14.7 Å². The average Bonchev–Trinajstić information content (AvgIpc) is 3.08. The highest BCUT2D eigenvalue weighted by molar-refractivity contribution is 5.94. The second-order valence-corrected chi connectivity index (χ2v) is 8.22. The number of likely N-dealkylation sites (tertiary alicyclic amines) is 1. The highest BCUT2D eigenvalue weighted by Gasteiger charge is 2.31. The van der Waals surface area contributed by atoms with Crippen molar-refractivity contribution in [1.29, 1.82) is 0 Å². The number of rotatable bonds is 3. The van der Waals surface area contributed by atoms with Crippen LogP contribution in [0.25, 0.3) is 5.69 Å². The predicted molar refractivity (Wildman–Crippen MR) is 114 cm³/mol. The van der Waals surface area contributed by atoms with Crippen molar-refractivity contribution in [2.24, 2.45) is 11.7 Å². The number of carbonyl (C=O) groups excluding carboxylic acids is 1. The van der Waals surface area contributed by atoms with E-state index in [2.05, 4.69) is 38.1 Å². The van der Waals surface area contributed by atoms with Crippen LogP contribution in [0, 0.1) is 12.8 Å². The van der Waals surface area contributed by atoms with E-state index < -0.39 is 0 Å². The van der Waals surface area contributed by atoms with Crippen molar-refractivity contribution >= 4 is 18.3 Å². The first-order valence-corrected chi connectivity index (χ1v) is 10.3. The third kappa shape index (κ3) is 3.96. The smallest absolute Gasteiger partial charge is 0.274 e. The molecule has 1 unspecified atom stereocenters. The first-order chi connectivity index (χ1) is 13.0. The van der Waals surface area contributed by atoms with E-state index in [1.165, 1.54) is 16.8 Å². The van der Waals surface area contributed by atoms with E-state index in [1.807, 2.05) is 9.58 Å². The summed E-state index contributed by atoms with van der Waals surface area (Å²) in [6.07, 6.45) is 6.24. The van der Waals surface area contributed by atoms with Gasteiger partial charge in [-0.1, -0.05) is 17.7 Å². The van der Waals surface area contributed by atoms with Crippen LogP contribution in [0.3, 0.4) is 0 Å². The fourth-order valence-electron chi connectivity index (χ4n) is 4.45. The first kappa shape index (κ1) is 20.9. The van der Waals surface area contributed by atoms with Crippen LogP contribution in [0.5, 0.6) is 0 Å². The Hall–Kier alpha value is -1.85. The summed E-state index contributed by atoms with van der Waals surface area (Å²) in [6.45, 7) is 5.74. The SMILES string of the molecule is Cc1ccc(-n2nc(C(=O)N3CCC(C(C)N)CC3)c3c2CCCC3)cc1.Cl. The standard InChI is InChI=1S/C22H30N4O.ClH/c1-15-7-9-18(10-8-15)26-20-6-4-3-5-19(20)21(24-26)22(27)25-13-11-17(12-14-25)16(2)23;/h7-10,16-17H,3-6,11-14,23H2,1-2H3;1H. The van der Waals surface area contributed by atoms with E-state index >= 15 is 0 Å². The number of nitrogens with zero attached hydrogens (tertiary/aromatic N) is 3. The number of benzene rings is 1. The minimum Gasteiger partial charge on any atom is -0.337 e. The molecule has 1 aromatic heterocycles. The lowest BCUT2D eigenvalue weighted by Gasteiger charge is -2.33. The van der Waals surface area contributed by atoms with Gasteiger partial charge in [0.25, 0.3) is 5.91 Å². The van der Waals surface area contributed by atoms with Gasteiger partial charge in [0.15, 0.2) is 5.69 Å². The molecule has 2 N–H and O–H groups in total. The number of piperidine rings is 1. The molecule has 0 saturated carbocycles. The molecule has 2 aliphatic rings. The number of aromatic nitrogens is 2.